The van der Waals surface area contributed by atoms with E-state index in [1.165, 1.54) is 11.1 Å². The summed E-state index contributed by atoms with van der Waals surface area (Å²) in [6.45, 7) is 0. The first-order valence-corrected chi connectivity index (χ1v) is 6.52. The Morgan fingerprint density at radius 2 is 2.19 bits per heavy atom. The summed E-state index contributed by atoms with van der Waals surface area (Å²) in [5.41, 5.74) is 1.02. The first-order valence-electron chi connectivity index (χ1n) is 5.70. The van der Waals surface area contributed by atoms with Gasteiger partial charge in [-0.15, -0.1) is 11.3 Å². The standard InChI is InChI=1S/C13H13NOS/c15-11(9-4-3-5-9)8-13-14-10-6-1-2-7-12(10)16-13/h1-2,6-7,9H,3-5,8H2. The summed E-state index contributed by atoms with van der Waals surface area (Å²) in [6.07, 6.45) is 3.92. The van der Waals surface area contributed by atoms with Crippen molar-refractivity contribution in [1.82, 2.24) is 4.98 Å². The molecule has 1 heterocycles. The molecule has 0 N–H and O–H groups in total. The fourth-order valence-electron chi connectivity index (χ4n) is 2.02. The van der Waals surface area contributed by atoms with Gasteiger partial charge in [-0.05, 0) is 25.0 Å². The molecular weight excluding hydrogens is 218 g/mol. The molecule has 0 saturated heterocycles. The molecule has 0 aliphatic heterocycles. The minimum absolute atomic E-state index is 0.326. The van der Waals surface area contributed by atoms with Crippen LogP contribution in [0.2, 0.25) is 0 Å². The van der Waals surface area contributed by atoms with E-state index >= 15 is 0 Å². The monoisotopic (exact) mass is 231 g/mol. The van der Waals surface area contributed by atoms with Crippen LogP contribution in [0.15, 0.2) is 24.3 Å². The summed E-state index contributed by atoms with van der Waals surface area (Å²) in [6, 6.07) is 8.06. The van der Waals surface area contributed by atoms with Crippen LogP contribution < -0.4 is 0 Å². The van der Waals surface area contributed by atoms with Crippen molar-refractivity contribution in [2.75, 3.05) is 0 Å². The van der Waals surface area contributed by atoms with Crippen LogP contribution in [0.25, 0.3) is 10.2 Å². The summed E-state index contributed by atoms with van der Waals surface area (Å²) < 4.78 is 1.18. The lowest BCUT2D eigenvalue weighted by Gasteiger charge is -2.23. The highest BCUT2D eigenvalue weighted by Gasteiger charge is 2.25. The molecule has 1 aromatic heterocycles. The number of aromatic nitrogens is 1. The molecule has 3 rings (SSSR count). The van der Waals surface area contributed by atoms with Crippen molar-refractivity contribution in [2.45, 2.75) is 25.7 Å². The van der Waals surface area contributed by atoms with Gasteiger partial charge in [-0.3, -0.25) is 4.79 Å². The highest BCUT2D eigenvalue weighted by Crippen LogP contribution is 2.29. The van der Waals surface area contributed by atoms with E-state index in [4.69, 9.17) is 0 Å². The van der Waals surface area contributed by atoms with Crippen LogP contribution in [0, 0.1) is 5.92 Å². The van der Waals surface area contributed by atoms with Crippen molar-refractivity contribution in [3.63, 3.8) is 0 Å². The second-order valence-electron chi connectivity index (χ2n) is 4.35. The highest BCUT2D eigenvalue weighted by atomic mass is 32.1. The molecule has 0 radical (unpaired) electrons. The molecule has 2 aromatic rings. The van der Waals surface area contributed by atoms with Crippen LogP contribution in [-0.2, 0) is 11.2 Å². The number of Topliss-reactive ketones (excluding diaryl/α,β-unsaturated/α-hetero) is 1. The molecule has 2 nitrogen and oxygen atoms in total. The number of fused-ring (bicyclic) bond motifs is 1. The molecule has 0 amide bonds. The van der Waals surface area contributed by atoms with Gasteiger partial charge < -0.3 is 0 Å². The number of carbonyl (C=O) groups excluding carboxylic acids is 1. The van der Waals surface area contributed by atoms with E-state index in [0.29, 0.717) is 18.1 Å². The van der Waals surface area contributed by atoms with Gasteiger partial charge in [-0.2, -0.15) is 0 Å². The number of hydrogen-bond acceptors (Lipinski definition) is 3. The topological polar surface area (TPSA) is 30.0 Å². The lowest BCUT2D eigenvalue weighted by molar-refractivity contribution is -0.124. The van der Waals surface area contributed by atoms with Gasteiger partial charge in [-0.1, -0.05) is 18.6 Å². The van der Waals surface area contributed by atoms with E-state index in [9.17, 15) is 4.79 Å². The van der Waals surface area contributed by atoms with Crippen LogP contribution in [0.3, 0.4) is 0 Å². The third kappa shape index (κ3) is 1.76. The number of rotatable bonds is 3. The number of carbonyl (C=O) groups is 1. The first-order chi connectivity index (χ1) is 7.83. The fourth-order valence-corrected chi connectivity index (χ4v) is 3.00. The third-order valence-electron chi connectivity index (χ3n) is 3.22. The van der Waals surface area contributed by atoms with E-state index in [1.54, 1.807) is 11.3 Å². The normalized spacial score (nSPS) is 16.2. The van der Waals surface area contributed by atoms with Gasteiger partial charge in [0.25, 0.3) is 0 Å². The predicted octanol–water partition coefficient (Wildman–Crippen LogP) is 3.21. The molecule has 0 spiro atoms. The zero-order valence-electron chi connectivity index (χ0n) is 8.98. The highest BCUT2D eigenvalue weighted by molar-refractivity contribution is 7.18. The molecule has 1 fully saturated rings. The largest absolute Gasteiger partial charge is 0.299 e. The number of thiazole rings is 1. The zero-order valence-corrected chi connectivity index (χ0v) is 9.80. The molecule has 1 saturated carbocycles. The number of nitrogens with zero attached hydrogens (tertiary/aromatic N) is 1. The number of hydrogen-bond donors (Lipinski definition) is 0. The minimum atomic E-state index is 0.326. The molecule has 1 aromatic carbocycles. The van der Waals surface area contributed by atoms with Crippen molar-refractivity contribution in [2.24, 2.45) is 5.92 Å². The summed E-state index contributed by atoms with van der Waals surface area (Å²) in [4.78, 5) is 16.3. The van der Waals surface area contributed by atoms with Crippen molar-refractivity contribution >= 4 is 27.3 Å². The summed E-state index contributed by atoms with van der Waals surface area (Å²) in [5.74, 6) is 0.706. The summed E-state index contributed by atoms with van der Waals surface area (Å²) >= 11 is 1.65. The Balaban J connectivity index is 1.80. The Labute approximate surface area is 98.3 Å². The average Bonchev–Trinajstić information content (AvgIpc) is 2.56. The fraction of sp³-hybridized carbons (Fsp3) is 0.385. The Hall–Kier alpha value is -1.22. The molecule has 0 atom stereocenters. The molecule has 0 unspecified atom stereocenters. The smallest absolute Gasteiger partial charge is 0.142 e. The molecule has 1 aliphatic rings. The predicted molar refractivity (Wildman–Crippen MR) is 65.7 cm³/mol. The Kier molecular flexibility index (Phi) is 2.48. The molecule has 16 heavy (non-hydrogen) atoms. The Morgan fingerprint density at radius 1 is 1.38 bits per heavy atom. The van der Waals surface area contributed by atoms with Gasteiger partial charge in [0, 0.05) is 5.92 Å². The van der Waals surface area contributed by atoms with Gasteiger partial charge in [0.05, 0.1) is 16.6 Å². The van der Waals surface area contributed by atoms with Gasteiger partial charge in [-0.25, -0.2) is 4.98 Å². The van der Waals surface area contributed by atoms with Crippen molar-refractivity contribution in [3.05, 3.63) is 29.3 Å². The Bertz CT molecular complexity index is 494. The molecular formula is C13H13NOS. The van der Waals surface area contributed by atoms with Crippen molar-refractivity contribution < 1.29 is 4.79 Å². The van der Waals surface area contributed by atoms with Gasteiger partial charge in [0.1, 0.15) is 10.8 Å². The number of benzene rings is 1. The van der Waals surface area contributed by atoms with E-state index in [2.05, 4.69) is 11.1 Å². The van der Waals surface area contributed by atoms with Gasteiger partial charge >= 0.3 is 0 Å². The second kappa shape index (κ2) is 3.98. The van der Waals surface area contributed by atoms with Crippen molar-refractivity contribution in [3.8, 4) is 0 Å². The van der Waals surface area contributed by atoms with E-state index in [0.717, 1.165) is 23.4 Å². The van der Waals surface area contributed by atoms with E-state index in [-0.39, 0.29) is 0 Å². The lowest BCUT2D eigenvalue weighted by atomic mass is 9.81. The lowest BCUT2D eigenvalue weighted by Crippen LogP contribution is -2.23. The maximum absolute atomic E-state index is 11.8. The molecule has 0 bridgehead atoms. The van der Waals surface area contributed by atoms with Crippen LogP contribution in [0.4, 0.5) is 0 Å². The number of para-hydroxylation sites is 1. The third-order valence-corrected chi connectivity index (χ3v) is 4.26. The van der Waals surface area contributed by atoms with E-state index in [1.807, 2.05) is 18.2 Å². The number of ketones is 1. The maximum Gasteiger partial charge on any atom is 0.142 e. The van der Waals surface area contributed by atoms with Crippen LogP contribution in [0.1, 0.15) is 24.3 Å². The second-order valence-corrected chi connectivity index (χ2v) is 5.46. The van der Waals surface area contributed by atoms with Crippen molar-refractivity contribution in [1.29, 1.82) is 0 Å². The first kappa shape index (κ1) is 9.97. The maximum atomic E-state index is 11.8. The SMILES string of the molecule is O=C(Cc1nc2ccccc2s1)C1CCC1. The summed E-state index contributed by atoms with van der Waals surface area (Å²) in [7, 11) is 0. The van der Waals surface area contributed by atoms with Crippen LogP contribution >= 0.6 is 11.3 Å². The van der Waals surface area contributed by atoms with Crippen LogP contribution in [0.5, 0.6) is 0 Å². The average molecular weight is 231 g/mol. The van der Waals surface area contributed by atoms with Gasteiger partial charge in [0.15, 0.2) is 0 Å². The van der Waals surface area contributed by atoms with E-state index < -0.39 is 0 Å². The molecule has 1 aliphatic carbocycles. The quantitative estimate of drug-likeness (QED) is 0.812. The molecule has 82 valence electrons. The Morgan fingerprint density at radius 3 is 2.88 bits per heavy atom. The van der Waals surface area contributed by atoms with Gasteiger partial charge in [0.2, 0.25) is 0 Å². The summed E-state index contributed by atoms with van der Waals surface area (Å²) in [5, 5.41) is 0.970. The zero-order chi connectivity index (χ0) is 11.0. The van der Waals surface area contributed by atoms with Crippen LogP contribution in [-0.4, -0.2) is 10.8 Å². The minimum Gasteiger partial charge on any atom is -0.299 e. The molecule has 3 heteroatoms.